The van der Waals surface area contributed by atoms with E-state index < -0.39 is 46.7 Å². The van der Waals surface area contributed by atoms with Crippen LogP contribution in [0.1, 0.15) is 36.4 Å². The second-order valence-electron chi connectivity index (χ2n) is 8.56. The van der Waals surface area contributed by atoms with Crippen molar-refractivity contribution < 1.29 is 22.7 Å². The van der Waals surface area contributed by atoms with E-state index in [1.165, 1.54) is 4.90 Å². The average molecular weight is 469 g/mol. The molecule has 34 heavy (non-hydrogen) atoms. The number of halogens is 4. The summed E-state index contributed by atoms with van der Waals surface area (Å²) in [7, 11) is 0. The van der Waals surface area contributed by atoms with Gasteiger partial charge in [0.05, 0.1) is 29.1 Å². The van der Waals surface area contributed by atoms with E-state index in [-0.39, 0.29) is 38.1 Å². The van der Waals surface area contributed by atoms with Crippen LogP contribution in [0.25, 0.3) is 0 Å². The molecule has 2 aliphatic rings. The van der Waals surface area contributed by atoms with E-state index in [9.17, 15) is 5.11 Å². The summed E-state index contributed by atoms with van der Waals surface area (Å²) in [5.41, 5.74) is -0.0305. The first kappa shape index (κ1) is 22.4. The number of aliphatic hydroxyl groups is 1. The summed E-state index contributed by atoms with van der Waals surface area (Å²) in [6, 6.07) is 18.0. The fourth-order valence-electron chi connectivity index (χ4n) is 4.66. The predicted octanol–water partition coefficient (Wildman–Crippen LogP) is 5.56. The number of para-hydroxylation sites is 1. The molecule has 0 amide bonds. The van der Waals surface area contributed by atoms with Crippen LogP contribution in [0.15, 0.2) is 65.8 Å². The smallest absolute Gasteiger partial charge is 0.186 e. The Bertz CT molecular complexity index is 1180. The van der Waals surface area contributed by atoms with Gasteiger partial charge in [0, 0.05) is 19.5 Å². The van der Waals surface area contributed by atoms with E-state index in [2.05, 4.69) is 5.10 Å². The third-order valence-electron chi connectivity index (χ3n) is 6.42. The molecule has 4 nitrogen and oxygen atoms in total. The highest BCUT2D eigenvalue weighted by molar-refractivity contribution is 6.04. The van der Waals surface area contributed by atoms with Gasteiger partial charge in [-0.15, -0.1) is 0 Å². The van der Waals surface area contributed by atoms with Crippen LogP contribution in [0, 0.1) is 23.3 Å². The molecule has 2 aliphatic heterocycles. The van der Waals surface area contributed by atoms with Crippen LogP contribution >= 0.6 is 0 Å². The Morgan fingerprint density at radius 3 is 1.91 bits per heavy atom. The number of aliphatic hydroxyl groups excluding tert-OH is 1. The molecule has 0 aromatic heterocycles. The van der Waals surface area contributed by atoms with Crippen molar-refractivity contribution in [1.29, 1.82) is 0 Å². The van der Waals surface area contributed by atoms with Gasteiger partial charge in [0.1, 0.15) is 5.69 Å². The summed E-state index contributed by atoms with van der Waals surface area (Å²) in [6.07, 6.45) is 0.00644. The van der Waals surface area contributed by atoms with E-state index >= 15 is 17.6 Å². The average Bonchev–Trinajstić information content (AvgIpc) is 3.30. The van der Waals surface area contributed by atoms with Gasteiger partial charge >= 0.3 is 0 Å². The van der Waals surface area contributed by atoms with Crippen molar-refractivity contribution in [2.75, 3.05) is 23.0 Å². The Hall–Kier alpha value is -3.39. The van der Waals surface area contributed by atoms with E-state index in [4.69, 9.17) is 0 Å². The summed E-state index contributed by atoms with van der Waals surface area (Å²) in [4.78, 5) is 1.24. The molecule has 0 saturated carbocycles. The monoisotopic (exact) mass is 469 g/mol. The van der Waals surface area contributed by atoms with Gasteiger partial charge in [-0.1, -0.05) is 48.5 Å². The second kappa shape index (κ2) is 9.10. The van der Waals surface area contributed by atoms with Crippen molar-refractivity contribution in [3.8, 4) is 0 Å². The van der Waals surface area contributed by atoms with Gasteiger partial charge in [0.15, 0.2) is 23.3 Å². The minimum absolute atomic E-state index is 0.0638. The molecule has 3 aromatic rings. The molecule has 5 rings (SSSR count). The molecular weight excluding hydrogens is 446 g/mol. The van der Waals surface area contributed by atoms with E-state index in [1.807, 2.05) is 60.7 Å². The quantitative estimate of drug-likeness (QED) is 0.402. The highest BCUT2D eigenvalue weighted by Gasteiger charge is 2.37. The summed E-state index contributed by atoms with van der Waals surface area (Å²) >= 11 is 0. The molecule has 0 aliphatic carbocycles. The molecule has 0 radical (unpaired) electrons. The van der Waals surface area contributed by atoms with Gasteiger partial charge in [0.2, 0.25) is 0 Å². The summed E-state index contributed by atoms with van der Waals surface area (Å²) < 4.78 is 60.8. The number of benzene rings is 3. The first-order chi connectivity index (χ1) is 16.5. The van der Waals surface area contributed by atoms with Crippen LogP contribution in [0.5, 0.6) is 0 Å². The zero-order valence-electron chi connectivity index (χ0n) is 18.3. The second-order valence-corrected chi connectivity index (χ2v) is 8.56. The molecule has 3 aromatic carbocycles. The standard InChI is InChI=1S/C26H23F4N3O/c27-22-21(23(28)25(30)26(24(22)29)32-13-11-18(34)12-14-32)19-15-20(16-7-3-1-4-8-16)33(31-19)17-9-5-2-6-10-17/h1-10,18,20,34H,11-15H2. The van der Waals surface area contributed by atoms with Crippen LogP contribution in [-0.2, 0) is 0 Å². The Morgan fingerprint density at radius 2 is 1.32 bits per heavy atom. The van der Waals surface area contributed by atoms with Crippen LogP contribution in [0.2, 0.25) is 0 Å². The zero-order chi connectivity index (χ0) is 23.8. The molecule has 0 spiro atoms. The van der Waals surface area contributed by atoms with Crippen molar-refractivity contribution in [3.05, 3.63) is 95.1 Å². The first-order valence-corrected chi connectivity index (χ1v) is 11.2. The fraction of sp³-hybridized carbons (Fsp3) is 0.269. The number of hydrazone groups is 1. The van der Waals surface area contributed by atoms with Gasteiger partial charge in [-0.2, -0.15) is 5.10 Å². The molecule has 0 bridgehead atoms. The number of nitrogens with zero attached hydrogens (tertiary/aromatic N) is 3. The van der Waals surface area contributed by atoms with Gasteiger partial charge < -0.3 is 10.0 Å². The largest absolute Gasteiger partial charge is 0.393 e. The molecule has 1 saturated heterocycles. The SMILES string of the molecule is OC1CCN(c2c(F)c(F)c(C3=NN(c4ccccc4)C(c4ccccc4)C3)c(F)c2F)CC1. The van der Waals surface area contributed by atoms with Gasteiger partial charge in [-0.25, -0.2) is 17.6 Å². The highest BCUT2D eigenvalue weighted by atomic mass is 19.2. The molecule has 1 unspecified atom stereocenters. The number of hydrogen-bond acceptors (Lipinski definition) is 4. The molecule has 1 N–H and O–H groups in total. The lowest BCUT2D eigenvalue weighted by atomic mass is 9.96. The van der Waals surface area contributed by atoms with Crippen molar-refractivity contribution in [3.63, 3.8) is 0 Å². The van der Waals surface area contributed by atoms with Crippen molar-refractivity contribution in [1.82, 2.24) is 0 Å². The van der Waals surface area contributed by atoms with Crippen LogP contribution in [0.3, 0.4) is 0 Å². The lowest BCUT2D eigenvalue weighted by Crippen LogP contribution is -2.37. The van der Waals surface area contributed by atoms with E-state index in [0.717, 1.165) is 5.56 Å². The Labute approximate surface area is 194 Å². The zero-order valence-corrected chi connectivity index (χ0v) is 18.3. The number of rotatable bonds is 4. The lowest BCUT2D eigenvalue weighted by Gasteiger charge is -2.32. The summed E-state index contributed by atoms with van der Waals surface area (Å²) in [6.45, 7) is 0.206. The van der Waals surface area contributed by atoms with Crippen LogP contribution < -0.4 is 9.91 Å². The maximum atomic E-state index is 15.3. The Kier molecular flexibility index (Phi) is 6.00. The first-order valence-electron chi connectivity index (χ1n) is 11.2. The minimum atomic E-state index is -1.46. The minimum Gasteiger partial charge on any atom is -0.393 e. The topological polar surface area (TPSA) is 39.1 Å². The lowest BCUT2D eigenvalue weighted by molar-refractivity contribution is 0.145. The summed E-state index contributed by atoms with van der Waals surface area (Å²) in [5.74, 6) is -5.80. The molecule has 2 heterocycles. The van der Waals surface area contributed by atoms with Crippen LogP contribution in [-0.4, -0.2) is 30.0 Å². The molecule has 1 fully saturated rings. The van der Waals surface area contributed by atoms with E-state index in [1.54, 1.807) is 5.01 Å². The number of piperidine rings is 1. The maximum Gasteiger partial charge on any atom is 0.186 e. The molecule has 176 valence electrons. The van der Waals surface area contributed by atoms with E-state index in [0.29, 0.717) is 5.69 Å². The van der Waals surface area contributed by atoms with Crippen molar-refractivity contribution in [2.24, 2.45) is 5.10 Å². The molecular formula is C26H23F4N3O. The van der Waals surface area contributed by atoms with Crippen molar-refractivity contribution in [2.45, 2.75) is 31.4 Å². The normalized spacial score (nSPS) is 19.0. The maximum absolute atomic E-state index is 15.3. The fourth-order valence-corrected chi connectivity index (χ4v) is 4.66. The van der Waals surface area contributed by atoms with Crippen molar-refractivity contribution >= 4 is 17.1 Å². The molecule has 1 atom stereocenters. The summed E-state index contributed by atoms with van der Waals surface area (Å²) in [5, 5.41) is 15.7. The van der Waals surface area contributed by atoms with Gasteiger partial charge in [-0.05, 0) is 30.5 Å². The highest BCUT2D eigenvalue weighted by Crippen LogP contribution is 2.40. The molecule has 8 heteroatoms. The van der Waals surface area contributed by atoms with Crippen LogP contribution in [0.4, 0.5) is 28.9 Å². The van der Waals surface area contributed by atoms with Gasteiger partial charge in [0.25, 0.3) is 0 Å². The predicted molar refractivity (Wildman–Crippen MR) is 123 cm³/mol. The third-order valence-corrected chi connectivity index (χ3v) is 6.42. The Balaban J connectivity index is 1.58. The van der Waals surface area contributed by atoms with Gasteiger partial charge in [-0.3, -0.25) is 5.01 Å². The third kappa shape index (κ3) is 3.92. The number of hydrogen-bond donors (Lipinski definition) is 1. The number of anilines is 2. The Morgan fingerprint density at radius 1 is 0.765 bits per heavy atom.